The minimum absolute atomic E-state index is 0.566. The highest BCUT2D eigenvalue weighted by Crippen LogP contribution is 2.24. The largest absolute Gasteiger partial charge is 0.360 e. The van der Waals surface area contributed by atoms with Crippen LogP contribution in [0, 0.1) is 0 Å². The monoisotopic (exact) mass is 151 g/mol. The summed E-state index contributed by atoms with van der Waals surface area (Å²) in [6, 6.07) is 2.63. The maximum atomic E-state index is 4.26. The molecule has 0 fully saturated rings. The fourth-order valence-electron chi connectivity index (χ4n) is 1.57. The summed E-state index contributed by atoms with van der Waals surface area (Å²) >= 11 is 0. The number of fused-ring (bicyclic) bond motifs is 1. The number of anilines is 1. The van der Waals surface area contributed by atoms with Crippen molar-refractivity contribution in [3.63, 3.8) is 0 Å². The Bertz CT molecular complexity index is 229. The third-order valence-corrected chi connectivity index (χ3v) is 2.34. The van der Waals surface area contributed by atoms with E-state index in [1.807, 2.05) is 6.20 Å². The molecule has 3 heteroatoms. The average molecular weight is 151 g/mol. The molecule has 1 aromatic rings. The molecule has 11 heavy (non-hydrogen) atoms. The lowest BCUT2D eigenvalue weighted by Crippen LogP contribution is -2.30. The lowest BCUT2D eigenvalue weighted by atomic mass is 10.2. The molecule has 0 amide bonds. The Kier molecular flexibility index (Phi) is 1.37. The number of aromatic nitrogens is 2. The van der Waals surface area contributed by atoms with E-state index in [9.17, 15) is 0 Å². The van der Waals surface area contributed by atoms with Crippen LogP contribution in [0.15, 0.2) is 12.3 Å². The second-order valence-corrected chi connectivity index (χ2v) is 3.19. The Morgan fingerprint density at radius 1 is 1.64 bits per heavy atom. The van der Waals surface area contributed by atoms with Crippen LogP contribution >= 0.6 is 0 Å². The fourth-order valence-corrected chi connectivity index (χ4v) is 1.57. The molecule has 0 N–H and O–H groups in total. The van der Waals surface area contributed by atoms with Gasteiger partial charge in [0.15, 0.2) is 0 Å². The molecule has 0 spiro atoms. The van der Waals surface area contributed by atoms with Crippen molar-refractivity contribution in [1.29, 1.82) is 0 Å². The van der Waals surface area contributed by atoms with Gasteiger partial charge in [-0.15, -0.1) is 0 Å². The van der Waals surface area contributed by atoms with Crippen LogP contribution in [0.4, 0.5) is 5.82 Å². The van der Waals surface area contributed by atoms with E-state index in [1.54, 1.807) is 0 Å². The van der Waals surface area contributed by atoms with E-state index in [1.165, 1.54) is 12.2 Å². The van der Waals surface area contributed by atoms with Gasteiger partial charge in [-0.1, -0.05) is 0 Å². The summed E-state index contributed by atoms with van der Waals surface area (Å²) in [5, 5.41) is 4.26. The normalized spacial score (nSPS) is 23.5. The van der Waals surface area contributed by atoms with Crippen molar-refractivity contribution in [1.82, 2.24) is 9.78 Å². The third-order valence-electron chi connectivity index (χ3n) is 2.34. The number of rotatable bonds is 0. The van der Waals surface area contributed by atoms with Crippen molar-refractivity contribution >= 4 is 5.82 Å². The van der Waals surface area contributed by atoms with Crippen LogP contribution in [0.3, 0.4) is 0 Å². The van der Waals surface area contributed by atoms with Gasteiger partial charge in [0.25, 0.3) is 0 Å². The first-order valence-electron chi connectivity index (χ1n) is 4.03. The summed E-state index contributed by atoms with van der Waals surface area (Å²) < 4.78 is 2.09. The molecule has 2 heterocycles. The summed E-state index contributed by atoms with van der Waals surface area (Å²) in [6.45, 7) is 3.36. The summed E-state index contributed by atoms with van der Waals surface area (Å²) in [4.78, 5) is 2.24. The SMILES string of the molecule is CC1CCN(C)c2ccnn21. The Morgan fingerprint density at radius 3 is 3.18 bits per heavy atom. The van der Waals surface area contributed by atoms with E-state index >= 15 is 0 Å². The molecule has 0 aliphatic carbocycles. The minimum Gasteiger partial charge on any atom is -0.360 e. The van der Waals surface area contributed by atoms with Gasteiger partial charge < -0.3 is 4.90 Å². The van der Waals surface area contributed by atoms with Gasteiger partial charge in [-0.05, 0) is 13.3 Å². The highest BCUT2D eigenvalue weighted by molar-refractivity contribution is 5.38. The summed E-state index contributed by atoms with van der Waals surface area (Å²) in [5.74, 6) is 1.24. The van der Waals surface area contributed by atoms with Gasteiger partial charge in [-0.3, -0.25) is 0 Å². The first-order valence-corrected chi connectivity index (χ1v) is 4.03. The van der Waals surface area contributed by atoms with Gasteiger partial charge in [0.1, 0.15) is 5.82 Å². The van der Waals surface area contributed by atoms with Gasteiger partial charge in [0, 0.05) is 19.7 Å². The quantitative estimate of drug-likeness (QED) is 0.557. The Hall–Kier alpha value is -0.990. The van der Waals surface area contributed by atoms with Crippen molar-refractivity contribution in [2.75, 3.05) is 18.5 Å². The molecule has 0 aromatic carbocycles. The van der Waals surface area contributed by atoms with Crippen molar-refractivity contribution < 1.29 is 0 Å². The molecule has 1 aliphatic rings. The average Bonchev–Trinajstić information content (AvgIpc) is 2.45. The van der Waals surface area contributed by atoms with Crippen LogP contribution in [0.1, 0.15) is 19.4 Å². The molecule has 1 aliphatic heterocycles. The maximum absolute atomic E-state index is 4.26. The molecule has 1 aromatic heterocycles. The summed E-state index contributed by atoms with van der Waals surface area (Å²) in [5.41, 5.74) is 0. The molecule has 0 saturated carbocycles. The van der Waals surface area contributed by atoms with Crippen LogP contribution in [0.5, 0.6) is 0 Å². The Balaban J connectivity index is 2.43. The van der Waals surface area contributed by atoms with E-state index in [0.717, 1.165) is 6.54 Å². The third kappa shape index (κ3) is 0.914. The molecule has 2 rings (SSSR count). The van der Waals surface area contributed by atoms with E-state index in [-0.39, 0.29) is 0 Å². The minimum atomic E-state index is 0.566. The lowest BCUT2D eigenvalue weighted by molar-refractivity contribution is 0.430. The van der Waals surface area contributed by atoms with E-state index in [4.69, 9.17) is 0 Å². The predicted molar refractivity (Wildman–Crippen MR) is 44.8 cm³/mol. The summed E-state index contributed by atoms with van der Waals surface area (Å²) in [6.07, 6.45) is 3.07. The topological polar surface area (TPSA) is 21.1 Å². The van der Waals surface area contributed by atoms with Crippen molar-refractivity contribution in [3.8, 4) is 0 Å². The fraction of sp³-hybridized carbons (Fsp3) is 0.625. The van der Waals surface area contributed by atoms with Crippen LogP contribution in [-0.2, 0) is 0 Å². The van der Waals surface area contributed by atoms with E-state index in [2.05, 4.69) is 34.7 Å². The molecule has 60 valence electrons. The van der Waals surface area contributed by atoms with Crippen LogP contribution in [0.2, 0.25) is 0 Å². The molecular weight excluding hydrogens is 138 g/mol. The molecular formula is C8H13N3. The number of nitrogens with zero attached hydrogens (tertiary/aromatic N) is 3. The summed E-state index contributed by atoms with van der Waals surface area (Å²) in [7, 11) is 2.11. The van der Waals surface area contributed by atoms with Crippen molar-refractivity contribution in [2.45, 2.75) is 19.4 Å². The van der Waals surface area contributed by atoms with Gasteiger partial charge in [-0.25, -0.2) is 4.68 Å². The second-order valence-electron chi connectivity index (χ2n) is 3.19. The molecule has 0 saturated heterocycles. The van der Waals surface area contributed by atoms with Gasteiger partial charge in [0.2, 0.25) is 0 Å². The lowest BCUT2D eigenvalue weighted by Gasteiger charge is -2.29. The van der Waals surface area contributed by atoms with Crippen molar-refractivity contribution in [3.05, 3.63) is 12.3 Å². The number of hydrogen-bond donors (Lipinski definition) is 0. The Morgan fingerprint density at radius 2 is 2.45 bits per heavy atom. The van der Waals surface area contributed by atoms with E-state index < -0.39 is 0 Å². The van der Waals surface area contributed by atoms with Crippen LogP contribution in [0.25, 0.3) is 0 Å². The Labute approximate surface area is 66.6 Å². The molecule has 0 bridgehead atoms. The molecule has 1 unspecified atom stereocenters. The highest BCUT2D eigenvalue weighted by Gasteiger charge is 2.18. The van der Waals surface area contributed by atoms with Crippen LogP contribution in [-0.4, -0.2) is 23.4 Å². The van der Waals surface area contributed by atoms with Gasteiger partial charge in [-0.2, -0.15) is 5.10 Å². The smallest absolute Gasteiger partial charge is 0.126 e. The maximum Gasteiger partial charge on any atom is 0.126 e. The zero-order valence-electron chi connectivity index (χ0n) is 6.99. The molecule has 3 nitrogen and oxygen atoms in total. The first kappa shape index (κ1) is 6.70. The second kappa shape index (κ2) is 2.26. The van der Waals surface area contributed by atoms with Crippen molar-refractivity contribution in [2.24, 2.45) is 0 Å². The first-order chi connectivity index (χ1) is 5.29. The van der Waals surface area contributed by atoms with E-state index in [0.29, 0.717) is 6.04 Å². The zero-order chi connectivity index (χ0) is 7.84. The number of hydrogen-bond acceptors (Lipinski definition) is 2. The predicted octanol–water partition coefficient (Wildman–Crippen LogP) is 1.28. The van der Waals surface area contributed by atoms with Gasteiger partial charge in [0.05, 0.1) is 12.2 Å². The zero-order valence-corrected chi connectivity index (χ0v) is 6.99. The molecule has 1 atom stereocenters. The van der Waals surface area contributed by atoms with Gasteiger partial charge >= 0.3 is 0 Å². The standard InChI is InChI=1S/C8H13N3/c1-7-4-6-10(2)8-3-5-9-11(7)8/h3,5,7H,4,6H2,1-2H3. The highest BCUT2D eigenvalue weighted by atomic mass is 15.4. The van der Waals surface area contributed by atoms with Crippen LogP contribution < -0.4 is 4.90 Å². The molecule has 0 radical (unpaired) electrons.